The largest absolute Gasteiger partial charge is 0.480 e. The fourth-order valence-corrected chi connectivity index (χ4v) is 1.40. The molecular weight excluding hydrogens is 311 g/mol. The molecule has 1 nitrogen and oxygen atoms in total. The number of hydrogen-bond acceptors (Lipinski definition) is 1. The first-order valence-corrected chi connectivity index (χ1v) is 7.05. The molecule has 1 aromatic carbocycles. The van der Waals surface area contributed by atoms with E-state index in [9.17, 15) is 0 Å². The van der Waals surface area contributed by atoms with Crippen LogP contribution in [0.1, 0.15) is 39.7 Å². The average Bonchev–Trinajstić information content (AvgIpc) is 2.34. The lowest BCUT2D eigenvalue weighted by Gasteiger charge is -2.12. The monoisotopic (exact) mass is 332 g/mol. The van der Waals surface area contributed by atoms with Crippen molar-refractivity contribution in [2.45, 2.75) is 38.2 Å². The Morgan fingerprint density at radius 3 is 2.50 bits per heavy atom. The summed E-state index contributed by atoms with van der Waals surface area (Å²) in [5, 5.41) is 0. The second-order valence-corrected chi connectivity index (χ2v) is 4.36. The number of rotatable bonds is 4. The highest BCUT2D eigenvalue weighted by molar-refractivity contribution is 14.1. The third-order valence-corrected chi connectivity index (χ3v) is 2.98. The Morgan fingerprint density at radius 2 is 1.94 bits per heavy atom. The number of hydrogen-bond donors (Lipinski definition) is 0. The molecule has 1 aromatic rings. The summed E-state index contributed by atoms with van der Waals surface area (Å²) in [5.41, 5.74) is 1.14. The molecule has 90 valence electrons. The molecule has 16 heavy (non-hydrogen) atoms. The van der Waals surface area contributed by atoms with E-state index in [1.54, 1.807) is 0 Å². The van der Waals surface area contributed by atoms with Gasteiger partial charge in [-0.2, -0.15) is 0 Å². The van der Waals surface area contributed by atoms with Crippen molar-refractivity contribution < 1.29 is 4.74 Å². The van der Waals surface area contributed by atoms with Gasteiger partial charge in [-0.15, -0.1) is 0 Å². The lowest BCUT2D eigenvalue weighted by molar-refractivity contribution is 0.298. The molecule has 2 heteroatoms. The molecule has 1 rings (SSSR count). The van der Waals surface area contributed by atoms with E-state index in [-0.39, 0.29) is 4.11 Å². The van der Waals surface area contributed by atoms with E-state index in [1.807, 2.05) is 45.0 Å². The smallest absolute Gasteiger partial charge is 0.149 e. The SMILES string of the molecule is CC.CC=Cc1ccccc1OC(I)CC. The molecule has 0 aliphatic heterocycles. The Balaban J connectivity index is 0.00000106. The van der Waals surface area contributed by atoms with Gasteiger partial charge in [-0.25, -0.2) is 0 Å². The quantitative estimate of drug-likeness (QED) is 0.537. The van der Waals surface area contributed by atoms with Crippen molar-refractivity contribution in [2.24, 2.45) is 0 Å². The first kappa shape index (κ1) is 15.5. The van der Waals surface area contributed by atoms with Crippen molar-refractivity contribution in [3.8, 4) is 5.75 Å². The third-order valence-electron chi connectivity index (χ3n) is 1.84. The summed E-state index contributed by atoms with van der Waals surface area (Å²) < 4.78 is 6.03. The molecule has 1 unspecified atom stereocenters. The molecule has 0 aromatic heterocycles. The Labute approximate surface area is 113 Å². The van der Waals surface area contributed by atoms with Gasteiger partial charge in [-0.05, 0) is 42.0 Å². The predicted molar refractivity (Wildman–Crippen MR) is 81.2 cm³/mol. The van der Waals surface area contributed by atoms with Gasteiger partial charge in [-0.3, -0.25) is 0 Å². The Hall–Kier alpha value is -0.510. The molecule has 0 fully saturated rings. The Morgan fingerprint density at radius 1 is 1.31 bits per heavy atom. The van der Waals surface area contributed by atoms with E-state index < -0.39 is 0 Å². The number of ether oxygens (including phenoxy) is 1. The first-order valence-electron chi connectivity index (χ1n) is 5.80. The van der Waals surface area contributed by atoms with Gasteiger partial charge in [-0.1, -0.05) is 51.1 Å². The molecule has 0 saturated carbocycles. The van der Waals surface area contributed by atoms with Gasteiger partial charge in [0, 0.05) is 5.56 Å². The normalized spacial score (nSPS) is 11.8. The van der Waals surface area contributed by atoms with Crippen LogP contribution in [0, 0.1) is 0 Å². The predicted octanol–water partition coefficient (Wildman–Crippen LogP) is 5.30. The minimum absolute atomic E-state index is 0.249. The maximum atomic E-state index is 5.78. The molecule has 0 aliphatic carbocycles. The van der Waals surface area contributed by atoms with E-state index in [2.05, 4.69) is 41.7 Å². The molecule has 0 saturated heterocycles. The van der Waals surface area contributed by atoms with E-state index >= 15 is 0 Å². The lowest BCUT2D eigenvalue weighted by Crippen LogP contribution is -2.06. The summed E-state index contributed by atoms with van der Waals surface area (Å²) in [6.07, 6.45) is 5.11. The van der Waals surface area contributed by atoms with E-state index in [0.717, 1.165) is 17.7 Å². The minimum Gasteiger partial charge on any atom is -0.480 e. The van der Waals surface area contributed by atoms with Crippen LogP contribution in [-0.4, -0.2) is 4.11 Å². The van der Waals surface area contributed by atoms with Gasteiger partial charge in [0.25, 0.3) is 0 Å². The molecule has 0 spiro atoms. The molecular formula is C14H21IO. The molecule has 0 amide bonds. The van der Waals surface area contributed by atoms with Gasteiger partial charge in [0.2, 0.25) is 0 Å². The highest BCUT2D eigenvalue weighted by Crippen LogP contribution is 2.23. The summed E-state index contributed by atoms with van der Waals surface area (Å²) in [6.45, 7) is 8.13. The molecule has 0 N–H and O–H groups in total. The first-order chi connectivity index (χ1) is 7.77. The zero-order valence-electron chi connectivity index (χ0n) is 10.5. The van der Waals surface area contributed by atoms with Crippen molar-refractivity contribution in [1.29, 1.82) is 0 Å². The average molecular weight is 332 g/mol. The van der Waals surface area contributed by atoms with Crippen molar-refractivity contribution >= 4 is 28.7 Å². The molecule has 0 bridgehead atoms. The van der Waals surface area contributed by atoms with Crippen LogP contribution in [0.3, 0.4) is 0 Å². The second kappa shape index (κ2) is 9.70. The molecule has 0 heterocycles. The number of para-hydroxylation sites is 1. The Kier molecular flexibility index (Phi) is 9.39. The van der Waals surface area contributed by atoms with Gasteiger partial charge in [0.15, 0.2) is 0 Å². The summed E-state index contributed by atoms with van der Waals surface area (Å²) in [4.78, 5) is 0. The number of benzene rings is 1. The Bertz CT molecular complexity index is 307. The van der Waals surface area contributed by atoms with Crippen LogP contribution < -0.4 is 4.74 Å². The lowest BCUT2D eigenvalue weighted by atomic mass is 10.2. The van der Waals surface area contributed by atoms with E-state index in [1.165, 1.54) is 0 Å². The minimum atomic E-state index is 0.249. The van der Waals surface area contributed by atoms with Gasteiger partial charge in [0.05, 0.1) is 0 Å². The fraction of sp³-hybridized carbons (Fsp3) is 0.429. The van der Waals surface area contributed by atoms with Crippen molar-refractivity contribution in [3.63, 3.8) is 0 Å². The third kappa shape index (κ3) is 5.54. The van der Waals surface area contributed by atoms with Gasteiger partial charge in [0.1, 0.15) is 9.86 Å². The van der Waals surface area contributed by atoms with Crippen LogP contribution in [0.2, 0.25) is 0 Å². The summed E-state index contributed by atoms with van der Waals surface area (Å²) in [6, 6.07) is 8.10. The molecule has 0 radical (unpaired) electrons. The summed E-state index contributed by atoms with van der Waals surface area (Å²) >= 11 is 2.31. The topological polar surface area (TPSA) is 9.23 Å². The van der Waals surface area contributed by atoms with Crippen LogP contribution in [0.4, 0.5) is 0 Å². The van der Waals surface area contributed by atoms with Crippen molar-refractivity contribution in [2.75, 3.05) is 0 Å². The number of alkyl halides is 1. The number of halogens is 1. The van der Waals surface area contributed by atoms with Crippen molar-refractivity contribution in [1.82, 2.24) is 0 Å². The standard InChI is InChI=1S/C12H15IO.C2H6/c1-3-7-10-8-5-6-9-11(10)14-12(13)4-2;1-2/h3,5-9,12H,4H2,1-2H3;1-2H3. The molecule has 1 atom stereocenters. The summed E-state index contributed by atoms with van der Waals surface area (Å²) in [7, 11) is 0. The van der Waals surface area contributed by atoms with Crippen LogP contribution in [0.25, 0.3) is 6.08 Å². The fourth-order valence-electron chi connectivity index (χ4n) is 1.13. The number of allylic oxidation sites excluding steroid dienone is 1. The van der Waals surface area contributed by atoms with Crippen molar-refractivity contribution in [3.05, 3.63) is 35.9 Å². The van der Waals surface area contributed by atoms with E-state index in [4.69, 9.17) is 4.74 Å². The van der Waals surface area contributed by atoms with Crippen LogP contribution in [0.15, 0.2) is 30.3 Å². The van der Waals surface area contributed by atoms with Crippen LogP contribution in [0.5, 0.6) is 5.75 Å². The highest BCUT2D eigenvalue weighted by Gasteiger charge is 2.04. The zero-order chi connectivity index (χ0) is 12.4. The van der Waals surface area contributed by atoms with Gasteiger partial charge >= 0.3 is 0 Å². The highest BCUT2D eigenvalue weighted by atomic mass is 127. The van der Waals surface area contributed by atoms with E-state index in [0.29, 0.717) is 0 Å². The zero-order valence-corrected chi connectivity index (χ0v) is 12.7. The summed E-state index contributed by atoms with van der Waals surface area (Å²) in [5.74, 6) is 0.965. The van der Waals surface area contributed by atoms with Gasteiger partial charge < -0.3 is 4.74 Å². The maximum Gasteiger partial charge on any atom is 0.149 e. The van der Waals surface area contributed by atoms with Crippen LogP contribution >= 0.6 is 22.6 Å². The molecule has 0 aliphatic rings. The maximum absolute atomic E-state index is 5.78. The van der Waals surface area contributed by atoms with Crippen LogP contribution in [-0.2, 0) is 0 Å². The second-order valence-electron chi connectivity index (χ2n) is 2.97.